The van der Waals surface area contributed by atoms with Gasteiger partial charge in [0.05, 0.1) is 0 Å². The first-order valence-electron chi connectivity index (χ1n) is 6.15. The Kier molecular flexibility index (Phi) is 5.07. The van der Waals surface area contributed by atoms with Crippen molar-refractivity contribution < 1.29 is 4.39 Å². The van der Waals surface area contributed by atoms with Gasteiger partial charge in [-0.2, -0.15) is 0 Å². The van der Waals surface area contributed by atoms with E-state index in [1.165, 1.54) is 30.4 Å². The predicted octanol–water partition coefficient (Wildman–Crippen LogP) is 4.82. The minimum absolute atomic E-state index is 0.570. The van der Waals surface area contributed by atoms with E-state index < -0.39 is 6.17 Å². The predicted molar refractivity (Wildman–Crippen MR) is 64.7 cm³/mol. The minimum atomic E-state index is -0.743. The molecule has 1 aliphatic carbocycles. The second kappa shape index (κ2) is 6.09. The normalized spacial score (nSPS) is 23.3. The Bertz CT molecular complexity index is 250. The van der Waals surface area contributed by atoms with Crippen LogP contribution in [-0.2, 0) is 0 Å². The summed E-state index contributed by atoms with van der Waals surface area (Å²) in [5.74, 6) is 0.805. The zero-order valence-electron chi connectivity index (χ0n) is 10.2. The molecule has 0 aromatic heterocycles. The number of rotatable bonds is 5. The van der Waals surface area contributed by atoms with Crippen LogP contribution in [0.1, 0.15) is 52.9 Å². The molecular weight excluding hydrogens is 187 g/mol. The van der Waals surface area contributed by atoms with E-state index in [1.807, 2.05) is 12.2 Å². The standard InChI is InChI=1S/C14H23F/c1-4-11(2)6-5-7-13-10-14(15)9-8-12(13)3/h8,10-11,14H,4-7,9H2,1-3H3/t11-,14?/m1/s1. The van der Waals surface area contributed by atoms with E-state index in [0.717, 1.165) is 12.3 Å². The van der Waals surface area contributed by atoms with E-state index in [2.05, 4.69) is 20.8 Å². The molecule has 0 amide bonds. The highest BCUT2D eigenvalue weighted by Gasteiger charge is 2.11. The SMILES string of the molecule is CC[C@@H](C)CCCC1=CC(F)CC=C1C. The summed E-state index contributed by atoms with van der Waals surface area (Å²) in [6, 6.07) is 0. The van der Waals surface area contributed by atoms with E-state index in [4.69, 9.17) is 0 Å². The lowest BCUT2D eigenvalue weighted by Gasteiger charge is -2.16. The molecule has 15 heavy (non-hydrogen) atoms. The van der Waals surface area contributed by atoms with Crippen molar-refractivity contribution in [1.82, 2.24) is 0 Å². The average Bonchev–Trinajstić information content (AvgIpc) is 2.23. The first-order valence-corrected chi connectivity index (χ1v) is 6.15. The maximum Gasteiger partial charge on any atom is 0.122 e. The summed E-state index contributed by atoms with van der Waals surface area (Å²) in [4.78, 5) is 0. The lowest BCUT2D eigenvalue weighted by Crippen LogP contribution is -2.03. The van der Waals surface area contributed by atoms with Crippen molar-refractivity contribution in [3.63, 3.8) is 0 Å². The molecule has 0 nitrogen and oxygen atoms in total. The molecule has 0 radical (unpaired) electrons. The summed E-state index contributed by atoms with van der Waals surface area (Å²) < 4.78 is 13.1. The lowest BCUT2D eigenvalue weighted by molar-refractivity contribution is 0.396. The van der Waals surface area contributed by atoms with Crippen molar-refractivity contribution >= 4 is 0 Å². The van der Waals surface area contributed by atoms with Gasteiger partial charge in [-0.3, -0.25) is 0 Å². The van der Waals surface area contributed by atoms with Crippen molar-refractivity contribution in [3.8, 4) is 0 Å². The third-order valence-corrected chi connectivity index (χ3v) is 3.38. The van der Waals surface area contributed by atoms with Gasteiger partial charge in [-0.25, -0.2) is 4.39 Å². The number of hydrogen-bond donors (Lipinski definition) is 0. The molecule has 0 heterocycles. The van der Waals surface area contributed by atoms with Gasteiger partial charge < -0.3 is 0 Å². The summed E-state index contributed by atoms with van der Waals surface area (Å²) in [6.45, 7) is 6.62. The molecule has 0 saturated heterocycles. The van der Waals surface area contributed by atoms with E-state index >= 15 is 0 Å². The molecule has 86 valence electrons. The topological polar surface area (TPSA) is 0 Å². The van der Waals surface area contributed by atoms with E-state index in [0.29, 0.717) is 6.42 Å². The van der Waals surface area contributed by atoms with Crippen LogP contribution >= 0.6 is 0 Å². The van der Waals surface area contributed by atoms with Gasteiger partial charge in [-0.05, 0) is 37.3 Å². The molecule has 0 bridgehead atoms. The fourth-order valence-corrected chi connectivity index (χ4v) is 1.96. The first kappa shape index (κ1) is 12.5. The monoisotopic (exact) mass is 210 g/mol. The summed E-state index contributed by atoms with van der Waals surface area (Å²) >= 11 is 0. The van der Waals surface area contributed by atoms with Gasteiger partial charge in [0, 0.05) is 6.42 Å². The van der Waals surface area contributed by atoms with E-state index in [1.54, 1.807) is 0 Å². The minimum Gasteiger partial charge on any atom is -0.243 e. The van der Waals surface area contributed by atoms with Gasteiger partial charge in [0.1, 0.15) is 6.17 Å². The van der Waals surface area contributed by atoms with Gasteiger partial charge in [0.25, 0.3) is 0 Å². The molecule has 1 unspecified atom stereocenters. The highest BCUT2D eigenvalue weighted by molar-refractivity contribution is 5.33. The van der Waals surface area contributed by atoms with Gasteiger partial charge >= 0.3 is 0 Å². The lowest BCUT2D eigenvalue weighted by atomic mass is 9.92. The van der Waals surface area contributed by atoms with E-state index in [-0.39, 0.29) is 0 Å². The second-order valence-corrected chi connectivity index (χ2v) is 4.74. The first-order chi connectivity index (χ1) is 7.13. The highest BCUT2D eigenvalue weighted by Crippen LogP contribution is 2.25. The fraction of sp³-hybridized carbons (Fsp3) is 0.714. The van der Waals surface area contributed by atoms with Gasteiger partial charge in [0.2, 0.25) is 0 Å². The van der Waals surface area contributed by atoms with Crippen LogP contribution < -0.4 is 0 Å². The average molecular weight is 210 g/mol. The fourth-order valence-electron chi connectivity index (χ4n) is 1.96. The third kappa shape index (κ3) is 4.19. The zero-order chi connectivity index (χ0) is 11.3. The Hall–Kier alpha value is -0.590. The Balaban J connectivity index is 2.34. The Morgan fingerprint density at radius 3 is 2.93 bits per heavy atom. The van der Waals surface area contributed by atoms with Gasteiger partial charge in [-0.1, -0.05) is 38.3 Å². The van der Waals surface area contributed by atoms with E-state index in [9.17, 15) is 4.39 Å². The molecule has 0 saturated carbocycles. The molecule has 2 atom stereocenters. The van der Waals surface area contributed by atoms with Crippen LogP contribution in [0.3, 0.4) is 0 Å². The maximum atomic E-state index is 13.1. The van der Waals surface area contributed by atoms with Crippen molar-refractivity contribution in [3.05, 3.63) is 23.3 Å². The molecule has 1 aliphatic rings. The maximum absolute atomic E-state index is 13.1. The van der Waals surface area contributed by atoms with Crippen LogP contribution in [0.2, 0.25) is 0 Å². The Morgan fingerprint density at radius 1 is 1.53 bits per heavy atom. The molecular formula is C14H23F. The largest absolute Gasteiger partial charge is 0.243 e. The van der Waals surface area contributed by atoms with Crippen LogP contribution in [0.15, 0.2) is 23.3 Å². The summed E-state index contributed by atoms with van der Waals surface area (Å²) in [5.41, 5.74) is 2.52. The molecule has 0 fully saturated rings. The molecule has 0 N–H and O–H groups in total. The van der Waals surface area contributed by atoms with Crippen LogP contribution in [0.5, 0.6) is 0 Å². The summed E-state index contributed by atoms with van der Waals surface area (Å²) in [7, 11) is 0. The molecule has 0 aromatic rings. The van der Waals surface area contributed by atoms with Crippen molar-refractivity contribution in [2.45, 2.75) is 59.0 Å². The second-order valence-electron chi connectivity index (χ2n) is 4.74. The van der Waals surface area contributed by atoms with Gasteiger partial charge in [-0.15, -0.1) is 0 Å². The molecule has 0 aromatic carbocycles. The summed E-state index contributed by atoms with van der Waals surface area (Å²) in [5, 5.41) is 0. The Morgan fingerprint density at radius 2 is 2.27 bits per heavy atom. The number of halogens is 1. The molecule has 0 aliphatic heterocycles. The summed E-state index contributed by atoms with van der Waals surface area (Å²) in [6.07, 6.45) is 8.42. The van der Waals surface area contributed by atoms with Crippen LogP contribution in [0, 0.1) is 5.92 Å². The van der Waals surface area contributed by atoms with Crippen molar-refractivity contribution in [2.75, 3.05) is 0 Å². The highest BCUT2D eigenvalue weighted by atomic mass is 19.1. The van der Waals surface area contributed by atoms with Crippen LogP contribution in [0.4, 0.5) is 4.39 Å². The number of alkyl halides is 1. The molecule has 1 heteroatoms. The molecule has 0 spiro atoms. The van der Waals surface area contributed by atoms with Gasteiger partial charge in [0.15, 0.2) is 0 Å². The van der Waals surface area contributed by atoms with Crippen molar-refractivity contribution in [1.29, 1.82) is 0 Å². The third-order valence-electron chi connectivity index (χ3n) is 3.38. The van der Waals surface area contributed by atoms with Crippen LogP contribution in [0.25, 0.3) is 0 Å². The van der Waals surface area contributed by atoms with Crippen LogP contribution in [-0.4, -0.2) is 6.17 Å². The number of hydrogen-bond acceptors (Lipinski definition) is 0. The molecule has 1 rings (SSSR count). The number of allylic oxidation sites excluding steroid dienone is 4. The zero-order valence-corrected chi connectivity index (χ0v) is 10.2. The van der Waals surface area contributed by atoms with Crippen molar-refractivity contribution in [2.24, 2.45) is 5.92 Å². The smallest absolute Gasteiger partial charge is 0.122 e. The quantitative estimate of drug-likeness (QED) is 0.610. The Labute approximate surface area is 93.3 Å².